The highest BCUT2D eigenvalue weighted by Gasteiger charge is 2.15. The summed E-state index contributed by atoms with van der Waals surface area (Å²) in [7, 11) is 0. The van der Waals surface area contributed by atoms with E-state index in [2.05, 4.69) is 5.32 Å². The number of carbonyl (C=O) groups excluding carboxylic acids is 1. The zero-order valence-electron chi connectivity index (χ0n) is 10.8. The van der Waals surface area contributed by atoms with E-state index >= 15 is 0 Å². The molecular weight excluding hydrogens is 305 g/mol. The molecule has 2 atom stereocenters. The summed E-state index contributed by atoms with van der Waals surface area (Å²) in [6.45, 7) is 3.91. The summed E-state index contributed by atoms with van der Waals surface area (Å²) in [5.74, 6) is 0.839. The lowest BCUT2D eigenvalue weighted by atomic mass is 10.2. The van der Waals surface area contributed by atoms with Crippen LogP contribution in [0.2, 0.25) is 10.0 Å². The van der Waals surface area contributed by atoms with E-state index in [1.54, 1.807) is 18.2 Å². The van der Waals surface area contributed by atoms with Crippen molar-refractivity contribution in [2.24, 2.45) is 5.92 Å². The molecule has 0 fully saturated rings. The number of halogens is 2. The number of hydrogen-bond acceptors (Lipinski definition) is 3. The van der Waals surface area contributed by atoms with Gasteiger partial charge in [-0.25, -0.2) is 0 Å². The molecule has 0 saturated carbocycles. The van der Waals surface area contributed by atoms with Crippen molar-refractivity contribution in [2.45, 2.75) is 19.1 Å². The van der Waals surface area contributed by atoms with Gasteiger partial charge in [-0.3, -0.25) is 4.79 Å². The number of aliphatic hydroxyl groups excluding tert-OH is 1. The van der Waals surface area contributed by atoms with E-state index in [1.807, 2.05) is 13.8 Å². The van der Waals surface area contributed by atoms with Crippen LogP contribution in [0.15, 0.2) is 18.2 Å². The zero-order valence-corrected chi connectivity index (χ0v) is 13.1. The molecule has 0 aliphatic heterocycles. The van der Waals surface area contributed by atoms with E-state index in [1.165, 1.54) is 11.8 Å². The molecule has 6 heteroatoms. The first-order chi connectivity index (χ1) is 8.93. The lowest BCUT2D eigenvalue weighted by molar-refractivity contribution is -0.115. The smallest absolute Gasteiger partial charge is 0.237 e. The Bertz CT molecular complexity index is 443. The molecule has 1 amide bonds. The third-order valence-electron chi connectivity index (χ3n) is 2.50. The maximum absolute atomic E-state index is 11.9. The van der Waals surface area contributed by atoms with Gasteiger partial charge in [0.25, 0.3) is 0 Å². The van der Waals surface area contributed by atoms with Crippen molar-refractivity contribution in [2.75, 3.05) is 17.7 Å². The van der Waals surface area contributed by atoms with Crippen molar-refractivity contribution in [1.82, 2.24) is 0 Å². The first-order valence-corrected chi connectivity index (χ1v) is 7.73. The van der Waals surface area contributed by atoms with Gasteiger partial charge in [-0.15, -0.1) is 11.8 Å². The van der Waals surface area contributed by atoms with Crippen LogP contribution >= 0.6 is 35.0 Å². The highest BCUT2D eigenvalue weighted by Crippen LogP contribution is 2.25. The van der Waals surface area contributed by atoms with E-state index in [9.17, 15) is 4.79 Å². The van der Waals surface area contributed by atoms with Gasteiger partial charge >= 0.3 is 0 Å². The number of aliphatic hydroxyl groups is 1. The standard InChI is InChI=1S/C13H17Cl2NO2S/c1-8(6-17)7-19-9(2)13(18)16-10-3-4-11(14)12(15)5-10/h3-5,8-9,17H,6-7H2,1-2H3,(H,16,18). The summed E-state index contributed by atoms with van der Waals surface area (Å²) in [6, 6.07) is 4.97. The highest BCUT2D eigenvalue weighted by atomic mass is 35.5. The molecule has 2 N–H and O–H groups in total. The molecule has 0 heterocycles. The molecule has 0 spiro atoms. The van der Waals surface area contributed by atoms with Crippen LogP contribution < -0.4 is 5.32 Å². The molecule has 0 aliphatic rings. The number of thioether (sulfide) groups is 1. The normalized spacial score (nSPS) is 13.9. The molecule has 0 radical (unpaired) electrons. The Labute approximate surface area is 127 Å². The molecule has 2 unspecified atom stereocenters. The maximum atomic E-state index is 11.9. The Hall–Kier alpha value is -0.420. The lowest BCUT2D eigenvalue weighted by Gasteiger charge is -2.14. The zero-order chi connectivity index (χ0) is 14.4. The summed E-state index contributed by atoms with van der Waals surface area (Å²) < 4.78 is 0. The quantitative estimate of drug-likeness (QED) is 0.840. The molecule has 0 saturated heterocycles. The Balaban J connectivity index is 2.51. The highest BCUT2D eigenvalue weighted by molar-refractivity contribution is 8.00. The van der Waals surface area contributed by atoms with Crippen molar-refractivity contribution in [3.8, 4) is 0 Å². The Kier molecular flexibility index (Phi) is 7.00. The fourth-order valence-electron chi connectivity index (χ4n) is 1.25. The van der Waals surface area contributed by atoms with Crippen molar-refractivity contribution < 1.29 is 9.90 Å². The third kappa shape index (κ3) is 5.61. The number of rotatable bonds is 6. The molecule has 3 nitrogen and oxygen atoms in total. The molecular formula is C13H17Cl2NO2S. The third-order valence-corrected chi connectivity index (χ3v) is 4.71. The van der Waals surface area contributed by atoms with Crippen molar-refractivity contribution >= 4 is 46.6 Å². The van der Waals surface area contributed by atoms with Crippen LogP contribution in [0.4, 0.5) is 5.69 Å². The Morgan fingerprint density at radius 3 is 2.63 bits per heavy atom. The molecule has 0 aliphatic carbocycles. The maximum Gasteiger partial charge on any atom is 0.237 e. The van der Waals surface area contributed by atoms with Crippen molar-refractivity contribution in [1.29, 1.82) is 0 Å². The van der Waals surface area contributed by atoms with Crippen LogP contribution in [0.1, 0.15) is 13.8 Å². The predicted molar refractivity (Wildman–Crippen MR) is 83.3 cm³/mol. The number of benzene rings is 1. The average molecular weight is 322 g/mol. The van der Waals surface area contributed by atoms with Crippen LogP contribution in [0.3, 0.4) is 0 Å². The van der Waals surface area contributed by atoms with Crippen LogP contribution in [0.5, 0.6) is 0 Å². The van der Waals surface area contributed by atoms with E-state index < -0.39 is 0 Å². The van der Waals surface area contributed by atoms with Crippen molar-refractivity contribution in [3.05, 3.63) is 28.2 Å². The molecule has 0 bridgehead atoms. The van der Waals surface area contributed by atoms with E-state index in [-0.39, 0.29) is 23.7 Å². The summed E-state index contributed by atoms with van der Waals surface area (Å²) in [5.41, 5.74) is 0.627. The molecule has 1 aromatic carbocycles. The van der Waals surface area contributed by atoms with Gasteiger partial charge < -0.3 is 10.4 Å². The number of anilines is 1. The van der Waals surface area contributed by atoms with Gasteiger partial charge in [0, 0.05) is 12.3 Å². The Morgan fingerprint density at radius 1 is 1.37 bits per heavy atom. The van der Waals surface area contributed by atoms with Gasteiger partial charge in [0.1, 0.15) is 0 Å². The van der Waals surface area contributed by atoms with E-state index in [4.69, 9.17) is 28.3 Å². The number of amides is 1. The molecule has 1 rings (SSSR count). The van der Waals surface area contributed by atoms with Crippen LogP contribution in [-0.2, 0) is 4.79 Å². The molecule has 19 heavy (non-hydrogen) atoms. The fourth-order valence-corrected chi connectivity index (χ4v) is 2.49. The second-order valence-corrected chi connectivity index (χ2v) is 6.57. The van der Waals surface area contributed by atoms with Crippen LogP contribution in [0.25, 0.3) is 0 Å². The minimum absolute atomic E-state index is 0.0893. The minimum Gasteiger partial charge on any atom is -0.396 e. The number of hydrogen-bond donors (Lipinski definition) is 2. The SMILES string of the molecule is CC(CO)CSC(C)C(=O)Nc1ccc(Cl)c(Cl)c1. The van der Waals surface area contributed by atoms with Gasteiger partial charge in [0.05, 0.1) is 15.3 Å². The Morgan fingerprint density at radius 2 is 2.05 bits per heavy atom. The van der Waals surface area contributed by atoms with E-state index in [0.29, 0.717) is 15.7 Å². The first-order valence-electron chi connectivity index (χ1n) is 5.92. The summed E-state index contributed by atoms with van der Waals surface area (Å²) in [5, 5.41) is 12.4. The van der Waals surface area contributed by atoms with Gasteiger partial charge in [-0.1, -0.05) is 30.1 Å². The van der Waals surface area contributed by atoms with Crippen LogP contribution in [0, 0.1) is 5.92 Å². The predicted octanol–water partition coefficient (Wildman–Crippen LogP) is 3.68. The van der Waals surface area contributed by atoms with Gasteiger partial charge in [-0.05, 0) is 36.8 Å². The van der Waals surface area contributed by atoms with Gasteiger partial charge in [0.15, 0.2) is 0 Å². The molecule has 0 aromatic heterocycles. The monoisotopic (exact) mass is 321 g/mol. The largest absolute Gasteiger partial charge is 0.396 e. The second kappa shape index (κ2) is 8.00. The van der Waals surface area contributed by atoms with Crippen LogP contribution in [-0.4, -0.2) is 28.6 Å². The summed E-state index contributed by atoms with van der Waals surface area (Å²) in [6.07, 6.45) is 0. The minimum atomic E-state index is -0.191. The fraction of sp³-hybridized carbons (Fsp3) is 0.462. The molecule has 106 valence electrons. The number of carbonyl (C=O) groups is 1. The first kappa shape index (κ1) is 16.6. The lowest BCUT2D eigenvalue weighted by Crippen LogP contribution is -2.23. The summed E-state index contributed by atoms with van der Waals surface area (Å²) in [4.78, 5) is 11.9. The topological polar surface area (TPSA) is 49.3 Å². The van der Waals surface area contributed by atoms with Gasteiger partial charge in [0.2, 0.25) is 5.91 Å². The number of nitrogens with one attached hydrogen (secondary N) is 1. The average Bonchev–Trinajstić information content (AvgIpc) is 2.39. The van der Waals surface area contributed by atoms with E-state index in [0.717, 1.165) is 5.75 Å². The second-order valence-electron chi connectivity index (χ2n) is 4.38. The molecule has 1 aromatic rings. The van der Waals surface area contributed by atoms with Gasteiger partial charge in [-0.2, -0.15) is 0 Å². The summed E-state index contributed by atoms with van der Waals surface area (Å²) >= 11 is 13.2. The van der Waals surface area contributed by atoms with Crippen molar-refractivity contribution in [3.63, 3.8) is 0 Å².